The zero-order chi connectivity index (χ0) is 33.7. The van der Waals surface area contributed by atoms with E-state index < -0.39 is 0 Å². The lowest BCUT2D eigenvalue weighted by Gasteiger charge is -2.11. The lowest BCUT2D eigenvalue weighted by atomic mass is 10.0. The fourth-order valence-electron chi connectivity index (χ4n) is 5.86. The molecule has 50 heavy (non-hydrogen) atoms. The Kier molecular flexibility index (Phi) is 8.20. The predicted molar refractivity (Wildman–Crippen MR) is 198 cm³/mol. The highest BCUT2D eigenvalue weighted by Gasteiger charge is 2.15. The Labute approximate surface area is 290 Å². The van der Waals surface area contributed by atoms with Crippen molar-refractivity contribution < 1.29 is 0 Å². The van der Waals surface area contributed by atoms with Crippen molar-refractivity contribution in [1.82, 2.24) is 24.9 Å². The first-order chi connectivity index (χ1) is 24.7. The van der Waals surface area contributed by atoms with Crippen molar-refractivity contribution in [3.63, 3.8) is 0 Å². The molecule has 0 fully saturated rings. The summed E-state index contributed by atoms with van der Waals surface area (Å²) < 4.78 is 0. The van der Waals surface area contributed by atoms with E-state index in [0.29, 0.717) is 34.6 Å². The number of nitriles is 1. The molecule has 0 radical (unpaired) electrons. The SMILES string of the molecule is N#Cc1ccccc1-c1cc(-c2ccccc2)nc(-c2ccc(-c3cccc(-c4nc(-c5ccccc5)nc(-c5ccccc5)n4)c3)cc2)n1. The van der Waals surface area contributed by atoms with Gasteiger partial charge in [-0.1, -0.05) is 152 Å². The van der Waals surface area contributed by atoms with E-state index in [9.17, 15) is 5.26 Å². The van der Waals surface area contributed by atoms with Crippen LogP contribution in [0.5, 0.6) is 0 Å². The molecule has 8 aromatic rings. The first kappa shape index (κ1) is 30.2. The van der Waals surface area contributed by atoms with Crippen LogP contribution in [0.25, 0.3) is 79.2 Å². The Bertz CT molecular complexity index is 2420. The molecule has 0 saturated carbocycles. The van der Waals surface area contributed by atoms with E-state index in [1.807, 2.05) is 146 Å². The van der Waals surface area contributed by atoms with Gasteiger partial charge in [-0.25, -0.2) is 24.9 Å². The van der Waals surface area contributed by atoms with Crippen LogP contribution < -0.4 is 0 Å². The normalized spacial score (nSPS) is 10.8. The fraction of sp³-hybridized carbons (Fsp3) is 0. The molecule has 0 aliphatic rings. The molecule has 2 heterocycles. The molecule has 6 heteroatoms. The van der Waals surface area contributed by atoms with Gasteiger partial charge in [-0.05, 0) is 29.3 Å². The van der Waals surface area contributed by atoms with Gasteiger partial charge < -0.3 is 0 Å². The zero-order valence-electron chi connectivity index (χ0n) is 26.8. The Morgan fingerprint density at radius 2 is 0.760 bits per heavy atom. The fourth-order valence-corrected chi connectivity index (χ4v) is 5.86. The van der Waals surface area contributed by atoms with Gasteiger partial charge >= 0.3 is 0 Å². The van der Waals surface area contributed by atoms with Crippen molar-refractivity contribution in [2.24, 2.45) is 0 Å². The molecule has 0 N–H and O–H groups in total. The van der Waals surface area contributed by atoms with Gasteiger partial charge in [0.25, 0.3) is 0 Å². The van der Waals surface area contributed by atoms with Crippen molar-refractivity contribution in [3.8, 4) is 85.3 Å². The van der Waals surface area contributed by atoms with E-state index in [2.05, 4.69) is 30.3 Å². The number of hydrogen-bond acceptors (Lipinski definition) is 6. The third-order valence-corrected chi connectivity index (χ3v) is 8.42. The number of nitrogens with zero attached hydrogens (tertiary/aromatic N) is 6. The van der Waals surface area contributed by atoms with Crippen LogP contribution in [0, 0.1) is 11.3 Å². The molecule has 234 valence electrons. The van der Waals surface area contributed by atoms with Crippen LogP contribution in [-0.4, -0.2) is 24.9 Å². The average molecular weight is 641 g/mol. The van der Waals surface area contributed by atoms with Crippen LogP contribution in [0.2, 0.25) is 0 Å². The number of benzene rings is 6. The van der Waals surface area contributed by atoms with E-state index in [-0.39, 0.29) is 0 Å². The summed E-state index contributed by atoms with van der Waals surface area (Å²) in [6, 6.07) is 58.2. The molecule has 0 unspecified atom stereocenters. The summed E-state index contributed by atoms with van der Waals surface area (Å²) in [4.78, 5) is 24.6. The van der Waals surface area contributed by atoms with Crippen molar-refractivity contribution >= 4 is 0 Å². The van der Waals surface area contributed by atoms with E-state index in [1.165, 1.54) is 0 Å². The van der Waals surface area contributed by atoms with Crippen molar-refractivity contribution in [2.45, 2.75) is 0 Å². The maximum Gasteiger partial charge on any atom is 0.164 e. The van der Waals surface area contributed by atoms with Crippen LogP contribution in [0.4, 0.5) is 0 Å². The number of aromatic nitrogens is 5. The summed E-state index contributed by atoms with van der Waals surface area (Å²) in [6.45, 7) is 0. The lowest BCUT2D eigenvalue weighted by Crippen LogP contribution is -2.00. The Morgan fingerprint density at radius 3 is 1.38 bits per heavy atom. The molecule has 2 aromatic heterocycles. The standard InChI is InChI=1S/C44H28N6/c45-29-37-19-10-11-22-38(37)40-28-39(31-13-4-1-5-14-31)46-41(47-40)34-25-23-30(24-26-34)35-20-12-21-36(27-35)44-49-42(32-15-6-2-7-16-32)48-43(50-44)33-17-8-3-9-18-33/h1-28H. The molecule has 8 rings (SSSR count). The average Bonchev–Trinajstić information content (AvgIpc) is 3.21. The van der Waals surface area contributed by atoms with Gasteiger partial charge in [0, 0.05) is 33.4 Å². The molecular weight excluding hydrogens is 613 g/mol. The van der Waals surface area contributed by atoms with Crippen LogP contribution in [0.3, 0.4) is 0 Å². The van der Waals surface area contributed by atoms with Gasteiger partial charge in [0.05, 0.1) is 23.0 Å². The number of rotatable bonds is 7. The van der Waals surface area contributed by atoms with Gasteiger partial charge in [0.15, 0.2) is 23.3 Å². The minimum atomic E-state index is 0.566. The van der Waals surface area contributed by atoms with E-state index in [4.69, 9.17) is 24.9 Å². The predicted octanol–water partition coefficient (Wildman–Crippen LogP) is 10.2. The molecule has 0 aliphatic heterocycles. The summed E-state index contributed by atoms with van der Waals surface area (Å²) >= 11 is 0. The highest BCUT2D eigenvalue weighted by atomic mass is 15.0. The summed E-state index contributed by atoms with van der Waals surface area (Å²) in [5.74, 6) is 2.44. The molecule has 0 aliphatic carbocycles. The topological polar surface area (TPSA) is 88.2 Å². The molecule has 6 nitrogen and oxygen atoms in total. The van der Waals surface area contributed by atoms with Gasteiger partial charge in [-0.15, -0.1) is 0 Å². The van der Waals surface area contributed by atoms with E-state index in [0.717, 1.165) is 50.2 Å². The molecule has 6 aromatic carbocycles. The maximum atomic E-state index is 9.81. The first-order valence-corrected chi connectivity index (χ1v) is 16.2. The van der Waals surface area contributed by atoms with E-state index in [1.54, 1.807) is 0 Å². The number of hydrogen-bond donors (Lipinski definition) is 0. The summed E-state index contributed by atoms with van der Waals surface area (Å²) in [7, 11) is 0. The second-order valence-electron chi connectivity index (χ2n) is 11.7. The second-order valence-corrected chi connectivity index (χ2v) is 11.7. The smallest absolute Gasteiger partial charge is 0.164 e. The molecule has 0 atom stereocenters. The Hall–Kier alpha value is -7.10. The van der Waals surface area contributed by atoms with Gasteiger partial charge in [0.2, 0.25) is 0 Å². The molecule has 0 amide bonds. The summed E-state index contributed by atoms with van der Waals surface area (Å²) in [5.41, 5.74) is 9.48. The minimum absolute atomic E-state index is 0.566. The first-order valence-electron chi connectivity index (χ1n) is 16.2. The summed E-state index contributed by atoms with van der Waals surface area (Å²) in [6.07, 6.45) is 0. The van der Waals surface area contributed by atoms with Gasteiger partial charge in [0.1, 0.15) is 0 Å². The quantitative estimate of drug-likeness (QED) is 0.172. The summed E-state index contributed by atoms with van der Waals surface area (Å²) in [5, 5.41) is 9.81. The third-order valence-electron chi connectivity index (χ3n) is 8.42. The van der Waals surface area contributed by atoms with E-state index >= 15 is 0 Å². The largest absolute Gasteiger partial charge is 0.228 e. The molecule has 0 bridgehead atoms. The van der Waals surface area contributed by atoms with Crippen molar-refractivity contribution in [1.29, 1.82) is 5.26 Å². The van der Waals surface area contributed by atoms with Crippen LogP contribution in [0.1, 0.15) is 5.56 Å². The monoisotopic (exact) mass is 640 g/mol. The molecular formula is C44H28N6. The van der Waals surface area contributed by atoms with Gasteiger partial charge in [-0.2, -0.15) is 5.26 Å². The van der Waals surface area contributed by atoms with Crippen molar-refractivity contribution in [2.75, 3.05) is 0 Å². The molecule has 0 spiro atoms. The minimum Gasteiger partial charge on any atom is -0.228 e. The highest BCUT2D eigenvalue weighted by Crippen LogP contribution is 2.32. The third kappa shape index (κ3) is 6.27. The van der Waals surface area contributed by atoms with Crippen LogP contribution in [0.15, 0.2) is 170 Å². The Balaban J connectivity index is 1.17. The van der Waals surface area contributed by atoms with Crippen LogP contribution >= 0.6 is 0 Å². The maximum absolute atomic E-state index is 9.81. The lowest BCUT2D eigenvalue weighted by molar-refractivity contribution is 1.07. The van der Waals surface area contributed by atoms with Gasteiger partial charge in [-0.3, -0.25) is 0 Å². The highest BCUT2D eigenvalue weighted by molar-refractivity contribution is 5.77. The second kappa shape index (κ2) is 13.6. The Morgan fingerprint density at radius 1 is 0.320 bits per heavy atom. The molecule has 0 saturated heterocycles. The van der Waals surface area contributed by atoms with Crippen LogP contribution in [-0.2, 0) is 0 Å². The zero-order valence-corrected chi connectivity index (χ0v) is 26.8. The van der Waals surface area contributed by atoms with Crippen molar-refractivity contribution in [3.05, 3.63) is 175 Å².